The number of allylic oxidation sites excluding steroid dienone is 1. The number of hydrogen-bond donors (Lipinski definition) is 0. The molecule has 0 aliphatic carbocycles. The van der Waals surface area contributed by atoms with Gasteiger partial charge in [0.25, 0.3) is 0 Å². The Morgan fingerprint density at radius 1 is 1.17 bits per heavy atom. The van der Waals surface area contributed by atoms with E-state index in [2.05, 4.69) is 20.9 Å². The van der Waals surface area contributed by atoms with Crippen molar-refractivity contribution in [1.29, 1.82) is 0 Å². The van der Waals surface area contributed by atoms with Crippen molar-refractivity contribution in [2.75, 3.05) is 0 Å². The Morgan fingerprint density at radius 2 is 1.91 bits per heavy atom. The third kappa shape index (κ3) is 3.52. The molecule has 0 saturated heterocycles. The molecule has 0 bridgehead atoms. The summed E-state index contributed by atoms with van der Waals surface area (Å²) in [5, 5.41) is 1.40. The lowest BCUT2D eigenvalue weighted by atomic mass is 10.1. The molecule has 2 aromatic carbocycles. The first-order valence-electron chi connectivity index (χ1n) is 7.08. The molecule has 3 rings (SSSR count). The van der Waals surface area contributed by atoms with Crippen LogP contribution in [0.15, 0.2) is 59.1 Å². The Hall–Kier alpha value is -1.97. The first-order valence-corrected chi connectivity index (χ1v) is 8.25. The lowest BCUT2D eigenvalue weighted by Crippen LogP contribution is -1.94. The summed E-state index contributed by atoms with van der Waals surface area (Å²) < 4.78 is 0.940. The third-order valence-corrected chi connectivity index (χ3v) is 4.40. The Labute approximate surface area is 147 Å². The molecule has 0 N–H and O–H groups in total. The number of rotatable bonds is 3. The van der Waals surface area contributed by atoms with Crippen LogP contribution in [0.1, 0.15) is 21.5 Å². The zero-order valence-corrected chi connectivity index (χ0v) is 14.7. The van der Waals surface area contributed by atoms with Gasteiger partial charge in [-0.2, -0.15) is 0 Å². The molecule has 0 unspecified atom stereocenters. The summed E-state index contributed by atoms with van der Waals surface area (Å²) in [6.45, 7) is 2.00. The van der Waals surface area contributed by atoms with Gasteiger partial charge in [-0.1, -0.05) is 45.7 Å². The Kier molecular flexibility index (Phi) is 4.60. The molecule has 0 atom stereocenters. The van der Waals surface area contributed by atoms with Crippen molar-refractivity contribution in [2.24, 2.45) is 0 Å². The van der Waals surface area contributed by atoms with E-state index in [1.54, 1.807) is 18.2 Å². The maximum absolute atomic E-state index is 12.2. The summed E-state index contributed by atoms with van der Waals surface area (Å²) in [6, 6.07) is 15.2. The van der Waals surface area contributed by atoms with Gasteiger partial charge >= 0.3 is 0 Å². The van der Waals surface area contributed by atoms with Crippen molar-refractivity contribution in [3.05, 3.63) is 80.9 Å². The molecule has 114 valence electrons. The molecule has 4 heteroatoms. The highest BCUT2D eigenvalue weighted by Crippen LogP contribution is 2.24. The zero-order valence-electron chi connectivity index (χ0n) is 12.4. The SMILES string of the molecule is Cc1cccc2cc(/C=C/C(=O)c3ccc(Br)cc3)c(Cl)nc12. The zero-order chi connectivity index (χ0) is 16.4. The fourth-order valence-electron chi connectivity index (χ4n) is 2.33. The molecule has 0 fully saturated rings. The Balaban J connectivity index is 1.93. The van der Waals surface area contributed by atoms with E-state index in [4.69, 9.17) is 11.6 Å². The van der Waals surface area contributed by atoms with Crippen LogP contribution in [0.25, 0.3) is 17.0 Å². The number of halogens is 2. The fourth-order valence-corrected chi connectivity index (χ4v) is 2.80. The molecule has 2 nitrogen and oxygen atoms in total. The summed E-state index contributed by atoms with van der Waals surface area (Å²) in [5.41, 5.74) is 3.32. The maximum Gasteiger partial charge on any atom is 0.185 e. The Bertz CT molecular complexity index is 917. The van der Waals surface area contributed by atoms with Crippen LogP contribution < -0.4 is 0 Å². The van der Waals surface area contributed by atoms with Gasteiger partial charge in [0.1, 0.15) is 5.15 Å². The minimum absolute atomic E-state index is 0.0714. The van der Waals surface area contributed by atoms with Crippen LogP contribution in [-0.2, 0) is 0 Å². The number of para-hydroxylation sites is 1. The van der Waals surface area contributed by atoms with Crippen LogP contribution in [-0.4, -0.2) is 10.8 Å². The summed E-state index contributed by atoms with van der Waals surface area (Å²) in [7, 11) is 0. The van der Waals surface area contributed by atoms with E-state index in [1.165, 1.54) is 6.08 Å². The smallest absolute Gasteiger partial charge is 0.185 e. The second-order valence-corrected chi connectivity index (χ2v) is 6.49. The number of carbonyl (C=O) groups excluding carboxylic acids is 1. The number of carbonyl (C=O) groups is 1. The van der Waals surface area contributed by atoms with E-state index >= 15 is 0 Å². The van der Waals surface area contributed by atoms with Crippen molar-refractivity contribution in [3.63, 3.8) is 0 Å². The molecular weight excluding hydrogens is 374 g/mol. The van der Waals surface area contributed by atoms with Crippen molar-refractivity contribution in [2.45, 2.75) is 6.92 Å². The minimum atomic E-state index is -0.0714. The number of hydrogen-bond acceptors (Lipinski definition) is 2. The first kappa shape index (κ1) is 15.9. The molecule has 0 aliphatic heterocycles. The largest absolute Gasteiger partial charge is 0.289 e. The molecule has 1 aromatic heterocycles. The molecule has 0 aliphatic rings. The van der Waals surface area contributed by atoms with E-state index in [9.17, 15) is 4.79 Å². The number of ketones is 1. The number of nitrogens with zero attached hydrogens (tertiary/aromatic N) is 1. The monoisotopic (exact) mass is 385 g/mol. The number of pyridine rings is 1. The Morgan fingerprint density at radius 3 is 2.65 bits per heavy atom. The van der Waals surface area contributed by atoms with Crippen LogP contribution >= 0.6 is 27.5 Å². The molecule has 23 heavy (non-hydrogen) atoms. The normalized spacial score (nSPS) is 11.3. The maximum atomic E-state index is 12.2. The van der Waals surface area contributed by atoms with Crippen LogP contribution in [0, 0.1) is 6.92 Å². The number of aryl methyl sites for hydroxylation is 1. The van der Waals surface area contributed by atoms with Crippen molar-refractivity contribution >= 4 is 50.3 Å². The molecule has 0 amide bonds. The van der Waals surface area contributed by atoms with E-state index in [0.717, 1.165) is 26.5 Å². The quantitative estimate of drug-likeness (QED) is 0.321. The van der Waals surface area contributed by atoms with Crippen LogP contribution in [0.4, 0.5) is 0 Å². The van der Waals surface area contributed by atoms with E-state index < -0.39 is 0 Å². The summed E-state index contributed by atoms with van der Waals surface area (Å²) in [4.78, 5) is 16.6. The topological polar surface area (TPSA) is 30.0 Å². The van der Waals surface area contributed by atoms with Crippen LogP contribution in [0.3, 0.4) is 0 Å². The van der Waals surface area contributed by atoms with Gasteiger partial charge in [-0.05, 0) is 55.0 Å². The van der Waals surface area contributed by atoms with Crippen molar-refractivity contribution < 1.29 is 4.79 Å². The molecule has 3 aromatic rings. The van der Waals surface area contributed by atoms with Crippen molar-refractivity contribution in [3.8, 4) is 0 Å². The molecule has 0 spiro atoms. The van der Waals surface area contributed by atoms with Gasteiger partial charge in [-0.15, -0.1) is 0 Å². The lowest BCUT2D eigenvalue weighted by molar-refractivity contribution is 0.104. The first-order chi connectivity index (χ1) is 11.0. The fraction of sp³-hybridized carbons (Fsp3) is 0.0526. The number of aromatic nitrogens is 1. The highest BCUT2D eigenvalue weighted by atomic mass is 79.9. The number of benzene rings is 2. The van der Waals surface area contributed by atoms with Gasteiger partial charge in [0.2, 0.25) is 0 Å². The second-order valence-electron chi connectivity index (χ2n) is 5.22. The average Bonchev–Trinajstić information content (AvgIpc) is 2.54. The predicted octanol–water partition coefficient (Wildman–Crippen LogP) is 5.86. The van der Waals surface area contributed by atoms with E-state index in [0.29, 0.717) is 10.7 Å². The molecule has 0 radical (unpaired) electrons. The average molecular weight is 387 g/mol. The highest BCUT2D eigenvalue weighted by Gasteiger charge is 2.06. The molecular formula is C19H13BrClNO. The van der Waals surface area contributed by atoms with Crippen molar-refractivity contribution in [1.82, 2.24) is 4.98 Å². The van der Waals surface area contributed by atoms with Gasteiger partial charge in [-0.25, -0.2) is 4.98 Å². The van der Waals surface area contributed by atoms with Gasteiger partial charge in [0.15, 0.2) is 5.78 Å². The van der Waals surface area contributed by atoms with Crippen LogP contribution in [0.5, 0.6) is 0 Å². The minimum Gasteiger partial charge on any atom is -0.289 e. The third-order valence-electron chi connectivity index (χ3n) is 3.57. The van der Waals surface area contributed by atoms with E-state index in [-0.39, 0.29) is 5.78 Å². The second kappa shape index (κ2) is 6.65. The van der Waals surface area contributed by atoms with Gasteiger partial charge in [0.05, 0.1) is 5.52 Å². The van der Waals surface area contributed by atoms with Gasteiger partial charge < -0.3 is 0 Å². The predicted molar refractivity (Wildman–Crippen MR) is 99.0 cm³/mol. The number of fused-ring (bicyclic) bond motifs is 1. The van der Waals surface area contributed by atoms with Crippen LogP contribution in [0.2, 0.25) is 5.15 Å². The van der Waals surface area contributed by atoms with Gasteiger partial charge in [0, 0.05) is 21.0 Å². The highest BCUT2D eigenvalue weighted by molar-refractivity contribution is 9.10. The standard InChI is InChI=1S/C19H13BrClNO/c1-12-3-2-4-14-11-15(19(21)22-18(12)14)7-10-17(23)13-5-8-16(20)9-6-13/h2-11H,1H3/b10-7+. The summed E-state index contributed by atoms with van der Waals surface area (Å²) >= 11 is 9.60. The molecule has 0 saturated carbocycles. The lowest BCUT2D eigenvalue weighted by Gasteiger charge is -2.04. The van der Waals surface area contributed by atoms with Gasteiger partial charge in [-0.3, -0.25) is 4.79 Å². The molecule has 1 heterocycles. The summed E-state index contributed by atoms with van der Waals surface area (Å²) in [5.74, 6) is -0.0714. The van der Waals surface area contributed by atoms with E-state index in [1.807, 2.05) is 43.3 Å². The summed E-state index contributed by atoms with van der Waals surface area (Å²) in [6.07, 6.45) is 3.23.